The normalized spacial score (nSPS) is 15.2. The Morgan fingerprint density at radius 1 is 1.27 bits per heavy atom. The van der Waals surface area contributed by atoms with E-state index < -0.39 is 39.4 Å². The summed E-state index contributed by atoms with van der Waals surface area (Å²) in [4.78, 5) is 10.8. The van der Waals surface area contributed by atoms with Crippen molar-refractivity contribution in [3.05, 3.63) is 29.8 Å². The molecular weight excluding hydrogens is 327 g/mol. The van der Waals surface area contributed by atoms with Gasteiger partial charge < -0.3 is 9.84 Å². The monoisotopic (exact) mass is 341 g/mol. The average Bonchev–Trinajstić information content (AvgIpc) is 2.37. The van der Waals surface area contributed by atoms with E-state index in [0.717, 1.165) is 16.9 Å². The summed E-state index contributed by atoms with van der Waals surface area (Å²) in [6, 6.07) is 4.79. The second kappa shape index (κ2) is 6.23. The maximum atomic E-state index is 12.9. The highest BCUT2D eigenvalue weighted by atomic mass is 32.2. The molecule has 0 aliphatic heterocycles. The molecule has 10 heteroatoms. The van der Waals surface area contributed by atoms with E-state index in [-0.39, 0.29) is 0 Å². The van der Waals surface area contributed by atoms with Crippen molar-refractivity contribution in [2.24, 2.45) is 0 Å². The number of halogens is 3. The molecule has 0 aliphatic carbocycles. The zero-order valence-corrected chi connectivity index (χ0v) is 12.5. The van der Waals surface area contributed by atoms with Crippen molar-refractivity contribution < 1.29 is 36.2 Å². The van der Waals surface area contributed by atoms with Crippen LogP contribution in [0.5, 0.6) is 0 Å². The molecule has 1 aromatic carbocycles. The summed E-state index contributed by atoms with van der Waals surface area (Å²) in [6.07, 6.45) is -5.60. The molecule has 1 rings (SSSR count). The number of hydrogen-bond donors (Lipinski definition) is 2. The summed E-state index contributed by atoms with van der Waals surface area (Å²) in [5.41, 5.74) is -3.69. The molecule has 0 aliphatic rings. The zero-order chi connectivity index (χ0) is 17.2. The van der Waals surface area contributed by atoms with Crippen molar-refractivity contribution in [3.8, 4) is 0 Å². The smallest absolute Gasteiger partial charge is 0.443 e. The van der Waals surface area contributed by atoms with Gasteiger partial charge in [-0.15, -0.1) is 0 Å². The van der Waals surface area contributed by atoms with Gasteiger partial charge in [0.1, 0.15) is 0 Å². The minimum atomic E-state index is -5.60. The summed E-state index contributed by atoms with van der Waals surface area (Å²) in [5, 5.41) is 9.51. The molecule has 2 N–H and O–H groups in total. The average molecular weight is 341 g/mol. The lowest BCUT2D eigenvalue weighted by Crippen LogP contribution is -2.64. The zero-order valence-electron chi connectivity index (χ0n) is 11.6. The van der Waals surface area contributed by atoms with Gasteiger partial charge in [-0.25, -0.2) is 13.2 Å². The molecule has 0 bridgehead atoms. The first-order chi connectivity index (χ1) is 9.94. The topological polar surface area (TPSA) is 92.7 Å². The van der Waals surface area contributed by atoms with Gasteiger partial charge in [-0.1, -0.05) is 17.7 Å². The Kier molecular flexibility index (Phi) is 5.21. The first kappa shape index (κ1) is 18.4. The molecule has 0 radical (unpaired) electrons. The highest BCUT2D eigenvalue weighted by Crippen LogP contribution is 2.31. The van der Waals surface area contributed by atoms with Crippen LogP contribution >= 0.6 is 0 Å². The number of sulfonamides is 1. The molecule has 6 nitrogen and oxygen atoms in total. The molecule has 124 valence electrons. The second-order valence-electron chi connectivity index (χ2n) is 4.35. The molecule has 0 saturated carbocycles. The number of alkyl halides is 3. The Labute approximate surface area is 124 Å². The number of rotatable bonds is 5. The van der Waals surface area contributed by atoms with Crippen molar-refractivity contribution in [1.82, 2.24) is 4.72 Å². The molecule has 0 heterocycles. The van der Waals surface area contributed by atoms with Crippen LogP contribution < -0.4 is 4.72 Å². The number of hydrogen-bond acceptors (Lipinski definition) is 5. The maximum absolute atomic E-state index is 12.9. The van der Waals surface area contributed by atoms with E-state index in [2.05, 4.69) is 4.74 Å². The van der Waals surface area contributed by atoms with E-state index in [1.54, 1.807) is 6.92 Å². The first-order valence-corrected chi connectivity index (χ1v) is 7.49. The first-order valence-electron chi connectivity index (χ1n) is 6.01. The molecule has 1 atom stereocenters. The summed E-state index contributed by atoms with van der Waals surface area (Å²) in [5.74, 6) is -2.15. The van der Waals surface area contributed by atoms with Gasteiger partial charge in [-0.3, -0.25) is 0 Å². The van der Waals surface area contributed by atoms with Crippen LogP contribution in [0.25, 0.3) is 0 Å². The Morgan fingerprint density at radius 3 is 2.18 bits per heavy atom. The third-order valence-corrected chi connectivity index (χ3v) is 4.05. The highest BCUT2D eigenvalue weighted by molar-refractivity contribution is 7.89. The number of aryl methyl sites for hydroxylation is 1. The van der Waals surface area contributed by atoms with Gasteiger partial charge in [-0.05, 0) is 26.0 Å². The molecule has 0 spiro atoms. The second-order valence-corrected chi connectivity index (χ2v) is 6.03. The summed E-state index contributed by atoms with van der Waals surface area (Å²) < 4.78 is 67.7. The summed E-state index contributed by atoms with van der Waals surface area (Å²) in [7, 11) is -4.80. The van der Waals surface area contributed by atoms with Crippen LogP contribution in [-0.2, 0) is 19.6 Å². The van der Waals surface area contributed by atoms with Crippen molar-refractivity contribution in [2.75, 3.05) is 6.61 Å². The van der Waals surface area contributed by atoms with Gasteiger partial charge in [0.15, 0.2) is 0 Å². The lowest BCUT2D eigenvalue weighted by atomic mass is 10.2. The van der Waals surface area contributed by atoms with Gasteiger partial charge in [0.25, 0.3) is 0 Å². The van der Waals surface area contributed by atoms with Crippen LogP contribution in [0, 0.1) is 6.92 Å². The molecule has 1 aromatic rings. The molecule has 22 heavy (non-hydrogen) atoms. The van der Waals surface area contributed by atoms with Crippen LogP contribution in [-0.4, -0.2) is 38.0 Å². The predicted octanol–water partition coefficient (Wildman–Crippen LogP) is 1.09. The van der Waals surface area contributed by atoms with E-state index in [1.807, 2.05) is 0 Å². The van der Waals surface area contributed by atoms with E-state index in [0.29, 0.717) is 5.56 Å². The minimum Gasteiger partial charge on any atom is -0.463 e. The fourth-order valence-corrected chi connectivity index (χ4v) is 2.62. The molecule has 0 amide bonds. The highest BCUT2D eigenvalue weighted by Gasteiger charge is 2.63. The van der Waals surface area contributed by atoms with Crippen molar-refractivity contribution >= 4 is 16.0 Å². The number of ether oxygens (including phenoxy) is 1. The molecular formula is C12H14F3NO5S. The van der Waals surface area contributed by atoms with E-state index in [1.165, 1.54) is 19.1 Å². The molecule has 0 aromatic heterocycles. The summed E-state index contributed by atoms with van der Waals surface area (Å²) >= 11 is 0. The number of carbonyl (C=O) groups is 1. The lowest BCUT2D eigenvalue weighted by Gasteiger charge is -2.28. The van der Waals surface area contributed by atoms with Gasteiger partial charge in [0.05, 0.1) is 11.5 Å². The Hall–Kier alpha value is -1.65. The van der Waals surface area contributed by atoms with Crippen LogP contribution in [0.2, 0.25) is 0 Å². The fraction of sp³-hybridized carbons (Fsp3) is 0.417. The number of aliphatic hydroxyl groups is 1. The van der Waals surface area contributed by atoms with E-state index in [4.69, 9.17) is 0 Å². The third-order valence-electron chi connectivity index (χ3n) is 2.59. The minimum absolute atomic E-state index is 0.469. The molecule has 0 saturated heterocycles. The Balaban J connectivity index is 3.24. The standard InChI is InChI=1S/C12H14F3NO5S/c1-3-21-10(17)11(18,12(13,14)15)16-22(19,20)9-6-4-8(2)5-7-9/h4-7,16,18H,3H2,1-2H3/t11-/m1/s1. The Morgan fingerprint density at radius 2 is 1.77 bits per heavy atom. The van der Waals surface area contributed by atoms with Crippen molar-refractivity contribution in [1.29, 1.82) is 0 Å². The quantitative estimate of drug-likeness (QED) is 0.618. The number of nitrogens with one attached hydrogen (secondary N) is 1. The Bertz CT molecular complexity index is 642. The van der Waals surface area contributed by atoms with Crippen molar-refractivity contribution in [3.63, 3.8) is 0 Å². The fourth-order valence-electron chi connectivity index (χ4n) is 1.42. The molecule has 0 unspecified atom stereocenters. The van der Waals surface area contributed by atoms with Gasteiger partial charge >= 0.3 is 17.9 Å². The van der Waals surface area contributed by atoms with Crippen LogP contribution in [0.3, 0.4) is 0 Å². The van der Waals surface area contributed by atoms with Crippen LogP contribution in [0.4, 0.5) is 13.2 Å². The van der Waals surface area contributed by atoms with E-state index >= 15 is 0 Å². The number of carbonyl (C=O) groups excluding carboxylic acids is 1. The predicted molar refractivity (Wildman–Crippen MR) is 69.1 cm³/mol. The van der Waals surface area contributed by atoms with Gasteiger partial charge in [0.2, 0.25) is 10.0 Å². The van der Waals surface area contributed by atoms with E-state index in [9.17, 15) is 31.5 Å². The number of benzene rings is 1. The maximum Gasteiger partial charge on any atom is 0.443 e. The van der Waals surface area contributed by atoms with Gasteiger partial charge in [0, 0.05) is 0 Å². The lowest BCUT2D eigenvalue weighted by molar-refractivity contribution is -0.266. The van der Waals surface area contributed by atoms with Gasteiger partial charge in [-0.2, -0.15) is 17.9 Å². The summed E-state index contributed by atoms with van der Waals surface area (Å²) in [6.45, 7) is 2.39. The largest absolute Gasteiger partial charge is 0.463 e. The SMILES string of the molecule is CCOC(=O)[C@](O)(NS(=O)(=O)c1ccc(C)cc1)C(F)(F)F. The molecule has 0 fully saturated rings. The number of esters is 1. The van der Waals surface area contributed by atoms with Crippen LogP contribution in [0.1, 0.15) is 12.5 Å². The third kappa shape index (κ3) is 3.76. The van der Waals surface area contributed by atoms with Crippen molar-refractivity contribution in [2.45, 2.75) is 30.6 Å². The van der Waals surface area contributed by atoms with Crippen LogP contribution in [0.15, 0.2) is 29.2 Å².